The zero-order valence-electron chi connectivity index (χ0n) is 18.1. The molecule has 0 spiro atoms. The smallest absolute Gasteiger partial charge is 0.188 e. The minimum atomic E-state index is -0.0708. The van der Waals surface area contributed by atoms with Gasteiger partial charge in [-0.25, -0.2) is 0 Å². The number of pyridine rings is 1. The van der Waals surface area contributed by atoms with Crippen molar-refractivity contribution in [1.82, 2.24) is 4.98 Å². The molecule has 3 nitrogen and oxygen atoms in total. The number of hydrogen-bond acceptors (Lipinski definition) is 3. The number of fused-ring (bicyclic) bond motifs is 1. The highest BCUT2D eigenvalue weighted by Crippen LogP contribution is 2.34. The fourth-order valence-electron chi connectivity index (χ4n) is 3.86. The molecule has 31 heavy (non-hydrogen) atoms. The molecule has 3 heteroatoms. The molecule has 1 heterocycles. The Morgan fingerprint density at radius 2 is 1.71 bits per heavy atom. The third-order valence-electron chi connectivity index (χ3n) is 5.26. The lowest BCUT2D eigenvalue weighted by molar-refractivity contribution is 0.104. The SMILES string of the molecule is CCOc1ccccc1C=CC(=O)c1c(C)nc2ccc(C)cc2c1-c1ccccc1. The molecule has 0 fully saturated rings. The van der Waals surface area contributed by atoms with Crippen LogP contribution in [0.5, 0.6) is 5.75 Å². The highest BCUT2D eigenvalue weighted by atomic mass is 16.5. The van der Waals surface area contributed by atoms with Crippen LogP contribution in [0, 0.1) is 13.8 Å². The van der Waals surface area contributed by atoms with Crippen LogP contribution in [0.15, 0.2) is 78.9 Å². The van der Waals surface area contributed by atoms with Crippen LogP contribution in [0.25, 0.3) is 28.1 Å². The van der Waals surface area contributed by atoms with Crippen molar-refractivity contribution in [1.29, 1.82) is 0 Å². The van der Waals surface area contributed by atoms with E-state index in [1.165, 1.54) is 0 Å². The summed E-state index contributed by atoms with van der Waals surface area (Å²) in [5.74, 6) is 0.694. The van der Waals surface area contributed by atoms with Gasteiger partial charge in [-0.15, -0.1) is 0 Å². The number of carbonyl (C=O) groups is 1. The summed E-state index contributed by atoms with van der Waals surface area (Å²) in [4.78, 5) is 18.2. The zero-order chi connectivity index (χ0) is 21.8. The van der Waals surface area contributed by atoms with Crippen molar-refractivity contribution in [3.8, 4) is 16.9 Å². The first kappa shape index (κ1) is 20.5. The van der Waals surface area contributed by atoms with Crippen molar-refractivity contribution in [2.45, 2.75) is 20.8 Å². The maximum absolute atomic E-state index is 13.5. The molecule has 0 N–H and O–H groups in total. The van der Waals surface area contributed by atoms with Crippen molar-refractivity contribution in [3.63, 3.8) is 0 Å². The van der Waals surface area contributed by atoms with Gasteiger partial charge in [-0.2, -0.15) is 0 Å². The molecule has 0 unspecified atom stereocenters. The number of para-hydroxylation sites is 1. The number of hydrogen-bond donors (Lipinski definition) is 0. The topological polar surface area (TPSA) is 39.2 Å². The van der Waals surface area contributed by atoms with E-state index in [0.717, 1.165) is 44.6 Å². The Balaban J connectivity index is 1.87. The minimum Gasteiger partial charge on any atom is -0.493 e. The van der Waals surface area contributed by atoms with Crippen molar-refractivity contribution < 1.29 is 9.53 Å². The van der Waals surface area contributed by atoms with E-state index in [0.29, 0.717) is 12.2 Å². The van der Waals surface area contributed by atoms with Gasteiger partial charge in [0.05, 0.1) is 17.7 Å². The zero-order valence-corrected chi connectivity index (χ0v) is 18.1. The second-order valence-electron chi connectivity index (χ2n) is 7.50. The highest BCUT2D eigenvalue weighted by molar-refractivity contribution is 6.16. The second-order valence-corrected chi connectivity index (χ2v) is 7.50. The van der Waals surface area contributed by atoms with Gasteiger partial charge < -0.3 is 4.74 Å². The van der Waals surface area contributed by atoms with Crippen LogP contribution in [0.1, 0.15) is 34.1 Å². The summed E-state index contributed by atoms with van der Waals surface area (Å²) in [7, 11) is 0. The Hall–Kier alpha value is -3.72. The first-order valence-electron chi connectivity index (χ1n) is 10.5. The van der Waals surface area contributed by atoms with E-state index < -0.39 is 0 Å². The van der Waals surface area contributed by atoms with E-state index in [9.17, 15) is 4.79 Å². The van der Waals surface area contributed by atoms with Gasteiger partial charge in [-0.05, 0) is 56.7 Å². The maximum atomic E-state index is 13.5. The molecule has 0 saturated heterocycles. The number of rotatable bonds is 6. The van der Waals surface area contributed by atoms with Crippen LogP contribution in [-0.2, 0) is 0 Å². The third-order valence-corrected chi connectivity index (χ3v) is 5.26. The predicted octanol–water partition coefficient (Wildman–Crippen LogP) is 6.81. The summed E-state index contributed by atoms with van der Waals surface area (Å²) >= 11 is 0. The molecular weight excluding hydrogens is 382 g/mol. The minimum absolute atomic E-state index is 0.0708. The number of aryl methyl sites for hydroxylation is 2. The number of benzene rings is 3. The lowest BCUT2D eigenvalue weighted by Gasteiger charge is -2.15. The molecule has 4 aromatic rings. The van der Waals surface area contributed by atoms with Crippen LogP contribution >= 0.6 is 0 Å². The molecule has 0 aliphatic rings. The van der Waals surface area contributed by atoms with Gasteiger partial charge in [0.25, 0.3) is 0 Å². The Kier molecular flexibility index (Phi) is 5.94. The van der Waals surface area contributed by atoms with Crippen LogP contribution in [0.3, 0.4) is 0 Å². The standard InChI is InChI=1S/C28H25NO2/c1-4-31-26-13-9-8-10-21(26)15-17-25(30)27-20(3)29-24-16-14-19(2)18-23(24)28(27)22-11-6-5-7-12-22/h5-18H,4H2,1-3H3. The maximum Gasteiger partial charge on any atom is 0.188 e. The molecule has 0 bridgehead atoms. The largest absolute Gasteiger partial charge is 0.493 e. The number of ether oxygens (including phenoxy) is 1. The van der Waals surface area contributed by atoms with E-state index in [1.54, 1.807) is 6.08 Å². The quantitative estimate of drug-likeness (QED) is 0.260. The molecule has 0 saturated carbocycles. The normalized spacial score (nSPS) is 11.2. The molecule has 154 valence electrons. The number of nitrogens with zero attached hydrogens (tertiary/aromatic N) is 1. The second kappa shape index (κ2) is 8.97. The summed E-state index contributed by atoms with van der Waals surface area (Å²) in [6.07, 6.45) is 3.44. The average Bonchev–Trinajstić information content (AvgIpc) is 2.78. The summed E-state index contributed by atoms with van der Waals surface area (Å²) in [6, 6.07) is 24.0. The molecular formula is C28H25NO2. The van der Waals surface area contributed by atoms with Gasteiger partial charge >= 0.3 is 0 Å². The van der Waals surface area contributed by atoms with Crippen LogP contribution in [0.4, 0.5) is 0 Å². The number of aromatic nitrogens is 1. The van der Waals surface area contributed by atoms with Crippen LogP contribution in [0.2, 0.25) is 0 Å². The molecule has 0 amide bonds. The van der Waals surface area contributed by atoms with Crippen molar-refractivity contribution in [2.24, 2.45) is 0 Å². The molecule has 0 aliphatic carbocycles. The van der Waals surface area contributed by atoms with Gasteiger partial charge in [0.2, 0.25) is 0 Å². The predicted molar refractivity (Wildman–Crippen MR) is 128 cm³/mol. The number of carbonyl (C=O) groups excluding carboxylic acids is 1. The van der Waals surface area contributed by atoms with E-state index in [2.05, 4.69) is 19.1 Å². The van der Waals surface area contributed by atoms with Gasteiger partial charge in [0.1, 0.15) is 5.75 Å². The van der Waals surface area contributed by atoms with Gasteiger partial charge in [-0.1, -0.05) is 60.2 Å². The van der Waals surface area contributed by atoms with Crippen molar-refractivity contribution >= 4 is 22.8 Å². The van der Waals surface area contributed by atoms with E-state index in [4.69, 9.17) is 9.72 Å². The molecule has 4 rings (SSSR count). The Bertz CT molecular complexity index is 1270. The summed E-state index contributed by atoms with van der Waals surface area (Å²) in [5, 5.41) is 0.989. The lowest BCUT2D eigenvalue weighted by atomic mass is 9.91. The molecule has 3 aromatic carbocycles. The highest BCUT2D eigenvalue weighted by Gasteiger charge is 2.19. The monoisotopic (exact) mass is 407 g/mol. The molecule has 0 aliphatic heterocycles. The Labute approximate surface area is 183 Å². The summed E-state index contributed by atoms with van der Waals surface area (Å²) < 4.78 is 5.69. The van der Waals surface area contributed by atoms with Crippen LogP contribution in [-0.4, -0.2) is 17.4 Å². The first-order valence-corrected chi connectivity index (χ1v) is 10.5. The molecule has 0 atom stereocenters. The van der Waals surface area contributed by atoms with Crippen molar-refractivity contribution in [3.05, 3.63) is 101 Å². The summed E-state index contributed by atoms with van der Waals surface area (Å²) in [5.41, 5.74) is 6.20. The average molecular weight is 408 g/mol. The van der Waals surface area contributed by atoms with E-state index in [-0.39, 0.29) is 5.78 Å². The molecule has 0 radical (unpaired) electrons. The Morgan fingerprint density at radius 1 is 0.968 bits per heavy atom. The van der Waals surface area contributed by atoms with Crippen molar-refractivity contribution in [2.75, 3.05) is 6.61 Å². The summed E-state index contributed by atoms with van der Waals surface area (Å²) in [6.45, 7) is 6.48. The fraction of sp³-hybridized carbons (Fsp3) is 0.143. The lowest BCUT2D eigenvalue weighted by Crippen LogP contribution is -2.05. The number of ketones is 1. The third kappa shape index (κ3) is 4.26. The van der Waals surface area contributed by atoms with Gasteiger partial charge in [0.15, 0.2) is 5.78 Å². The van der Waals surface area contributed by atoms with Gasteiger partial charge in [-0.3, -0.25) is 9.78 Å². The number of allylic oxidation sites excluding steroid dienone is 1. The molecule has 1 aromatic heterocycles. The van der Waals surface area contributed by atoms with E-state index >= 15 is 0 Å². The van der Waals surface area contributed by atoms with Crippen LogP contribution < -0.4 is 4.74 Å². The fourth-order valence-corrected chi connectivity index (χ4v) is 3.86. The first-order chi connectivity index (χ1) is 15.1. The Morgan fingerprint density at radius 3 is 2.48 bits per heavy atom. The van der Waals surface area contributed by atoms with Gasteiger partial charge in [0, 0.05) is 22.2 Å². The van der Waals surface area contributed by atoms with E-state index in [1.807, 2.05) is 80.6 Å².